The molecule has 1 unspecified atom stereocenters. The number of likely N-dealkylation sites (N-methyl/N-ethyl adjacent to an activating group) is 1. The summed E-state index contributed by atoms with van der Waals surface area (Å²) in [6.45, 7) is 4.06. The fourth-order valence-corrected chi connectivity index (χ4v) is 3.03. The quantitative estimate of drug-likeness (QED) is 0.865. The van der Waals surface area contributed by atoms with Gasteiger partial charge in [0.1, 0.15) is 0 Å². The van der Waals surface area contributed by atoms with Crippen LogP contribution in [0.15, 0.2) is 12.1 Å². The van der Waals surface area contributed by atoms with E-state index in [0.29, 0.717) is 41.3 Å². The molecule has 128 valence electrons. The Morgan fingerprint density at radius 3 is 2.91 bits per heavy atom. The van der Waals surface area contributed by atoms with Crippen LogP contribution in [0.3, 0.4) is 0 Å². The van der Waals surface area contributed by atoms with Gasteiger partial charge in [-0.3, -0.25) is 4.79 Å². The summed E-state index contributed by atoms with van der Waals surface area (Å²) in [5.74, 6) is 0.975. The van der Waals surface area contributed by atoms with Gasteiger partial charge in [0.2, 0.25) is 0 Å². The number of methoxy groups -OCH3 is 1. The maximum atomic E-state index is 12.8. The number of rotatable bonds is 6. The van der Waals surface area contributed by atoms with Gasteiger partial charge < -0.3 is 19.7 Å². The molecule has 5 nitrogen and oxygen atoms in total. The maximum Gasteiger partial charge on any atom is 0.254 e. The van der Waals surface area contributed by atoms with Crippen LogP contribution in [0.4, 0.5) is 0 Å². The molecule has 23 heavy (non-hydrogen) atoms. The lowest BCUT2D eigenvalue weighted by Crippen LogP contribution is -2.46. The molecule has 0 spiro atoms. The number of likely N-dealkylation sites (tertiary alicyclic amines) is 1. The number of halogens is 1. The monoisotopic (exact) mass is 340 g/mol. The zero-order valence-electron chi connectivity index (χ0n) is 14.0. The van der Waals surface area contributed by atoms with Crippen LogP contribution in [-0.2, 0) is 0 Å². The zero-order chi connectivity index (χ0) is 16.8. The van der Waals surface area contributed by atoms with Crippen molar-refractivity contribution in [2.75, 3.05) is 33.9 Å². The number of amides is 1. The van der Waals surface area contributed by atoms with Crippen LogP contribution in [0.1, 0.15) is 36.5 Å². The Labute approximate surface area is 142 Å². The number of piperidine rings is 1. The number of ether oxygens (including phenoxy) is 2. The second kappa shape index (κ2) is 8.41. The number of hydrogen-bond acceptors (Lipinski definition) is 4. The van der Waals surface area contributed by atoms with Crippen LogP contribution >= 0.6 is 11.6 Å². The lowest BCUT2D eigenvalue weighted by Gasteiger charge is -2.32. The van der Waals surface area contributed by atoms with Gasteiger partial charge in [0, 0.05) is 24.7 Å². The molecule has 1 aromatic carbocycles. The van der Waals surface area contributed by atoms with Gasteiger partial charge in [-0.05, 0) is 38.4 Å². The van der Waals surface area contributed by atoms with Crippen LogP contribution in [0.25, 0.3) is 0 Å². The summed E-state index contributed by atoms with van der Waals surface area (Å²) >= 11 is 6.30. The minimum atomic E-state index is -0.0211. The predicted octanol–water partition coefficient (Wildman–Crippen LogP) is 2.96. The van der Waals surface area contributed by atoms with Crippen molar-refractivity contribution in [2.45, 2.75) is 32.2 Å². The molecule has 0 saturated carbocycles. The van der Waals surface area contributed by atoms with Crippen molar-refractivity contribution in [3.8, 4) is 11.5 Å². The van der Waals surface area contributed by atoms with E-state index >= 15 is 0 Å². The van der Waals surface area contributed by atoms with Gasteiger partial charge in [-0.25, -0.2) is 0 Å². The molecule has 1 heterocycles. The number of carbonyl (C=O) groups is 1. The Bertz CT molecular complexity index is 551. The SMILES string of the molecule is CCCOc1c(Cl)cc(C(=O)N2CCCC(NC)C2)cc1OC. The first-order valence-corrected chi connectivity index (χ1v) is 8.45. The Hall–Kier alpha value is -1.46. The number of carbonyl (C=O) groups excluding carboxylic acids is 1. The molecule has 1 aliphatic rings. The number of nitrogens with zero attached hydrogens (tertiary/aromatic N) is 1. The standard InChI is InChI=1S/C17H25ClN2O3/c1-4-8-23-16-14(18)9-12(10-15(16)22-3)17(21)20-7-5-6-13(11-20)19-2/h9-10,13,19H,4-8,11H2,1-3H3. The first-order valence-electron chi connectivity index (χ1n) is 8.07. The lowest BCUT2D eigenvalue weighted by atomic mass is 10.0. The summed E-state index contributed by atoms with van der Waals surface area (Å²) in [7, 11) is 3.48. The second-order valence-electron chi connectivity index (χ2n) is 5.72. The third kappa shape index (κ3) is 4.30. The van der Waals surface area contributed by atoms with Gasteiger partial charge in [0.25, 0.3) is 5.91 Å². The van der Waals surface area contributed by atoms with Crippen molar-refractivity contribution >= 4 is 17.5 Å². The number of hydrogen-bond donors (Lipinski definition) is 1. The van der Waals surface area contributed by atoms with Crippen molar-refractivity contribution in [1.29, 1.82) is 0 Å². The predicted molar refractivity (Wildman–Crippen MR) is 91.8 cm³/mol. The molecule has 2 rings (SSSR count). The highest BCUT2D eigenvalue weighted by Crippen LogP contribution is 2.37. The summed E-state index contributed by atoms with van der Waals surface area (Å²) in [5.41, 5.74) is 0.535. The first-order chi connectivity index (χ1) is 11.1. The number of nitrogens with one attached hydrogen (secondary N) is 1. The summed E-state index contributed by atoms with van der Waals surface area (Å²) < 4.78 is 11.0. The Morgan fingerprint density at radius 1 is 1.48 bits per heavy atom. The summed E-state index contributed by atoms with van der Waals surface area (Å²) in [6.07, 6.45) is 2.97. The normalized spacial score (nSPS) is 17.9. The summed E-state index contributed by atoms with van der Waals surface area (Å²) in [6, 6.07) is 3.72. The Balaban J connectivity index is 2.21. The van der Waals surface area contributed by atoms with Gasteiger partial charge in [-0.15, -0.1) is 0 Å². The van der Waals surface area contributed by atoms with Crippen LogP contribution in [0.2, 0.25) is 5.02 Å². The molecule has 1 atom stereocenters. The van der Waals surface area contributed by atoms with Crippen molar-refractivity contribution < 1.29 is 14.3 Å². The van der Waals surface area contributed by atoms with Gasteiger partial charge >= 0.3 is 0 Å². The van der Waals surface area contributed by atoms with Crippen LogP contribution in [0.5, 0.6) is 11.5 Å². The highest BCUT2D eigenvalue weighted by Gasteiger charge is 2.25. The zero-order valence-corrected chi connectivity index (χ0v) is 14.8. The molecule has 6 heteroatoms. The molecular weight excluding hydrogens is 316 g/mol. The first kappa shape index (κ1) is 17.9. The molecule has 1 aromatic rings. The van der Waals surface area contributed by atoms with Crippen LogP contribution in [-0.4, -0.2) is 50.7 Å². The van der Waals surface area contributed by atoms with Gasteiger partial charge in [-0.1, -0.05) is 18.5 Å². The molecule has 1 aliphatic heterocycles. The third-order valence-corrected chi connectivity index (χ3v) is 4.32. The minimum Gasteiger partial charge on any atom is -0.493 e. The molecule has 0 bridgehead atoms. The van der Waals surface area contributed by atoms with Crippen molar-refractivity contribution in [3.05, 3.63) is 22.7 Å². The van der Waals surface area contributed by atoms with E-state index in [-0.39, 0.29) is 5.91 Å². The van der Waals surface area contributed by atoms with E-state index in [1.807, 2.05) is 18.9 Å². The molecular formula is C17H25ClN2O3. The average Bonchev–Trinajstić information content (AvgIpc) is 2.59. The highest BCUT2D eigenvalue weighted by molar-refractivity contribution is 6.32. The average molecular weight is 341 g/mol. The maximum absolute atomic E-state index is 12.8. The van der Waals surface area contributed by atoms with Crippen LogP contribution < -0.4 is 14.8 Å². The highest BCUT2D eigenvalue weighted by atomic mass is 35.5. The third-order valence-electron chi connectivity index (χ3n) is 4.04. The van der Waals surface area contributed by atoms with Crippen molar-refractivity contribution in [1.82, 2.24) is 10.2 Å². The molecule has 1 saturated heterocycles. The smallest absolute Gasteiger partial charge is 0.254 e. The summed E-state index contributed by atoms with van der Waals surface area (Å²) in [5, 5.41) is 3.65. The van der Waals surface area contributed by atoms with E-state index in [9.17, 15) is 4.79 Å². The van der Waals surface area contributed by atoms with Gasteiger partial charge in [0.05, 0.1) is 18.7 Å². The van der Waals surface area contributed by atoms with Crippen molar-refractivity contribution in [3.63, 3.8) is 0 Å². The van der Waals surface area contributed by atoms with E-state index in [0.717, 1.165) is 25.8 Å². The van der Waals surface area contributed by atoms with E-state index < -0.39 is 0 Å². The fourth-order valence-electron chi connectivity index (χ4n) is 2.77. The summed E-state index contributed by atoms with van der Waals surface area (Å²) in [4.78, 5) is 14.6. The van der Waals surface area contributed by atoms with E-state index in [2.05, 4.69) is 5.32 Å². The van der Waals surface area contributed by atoms with Gasteiger partial charge in [0.15, 0.2) is 11.5 Å². The Morgan fingerprint density at radius 2 is 2.26 bits per heavy atom. The van der Waals surface area contributed by atoms with E-state index in [4.69, 9.17) is 21.1 Å². The molecule has 0 aromatic heterocycles. The minimum absolute atomic E-state index is 0.0211. The largest absolute Gasteiger partial charge is 0.493 e. The number of benzene rings is 1. The van der Waals surface area contributed by atoms with Crippen LogP contribution in [0, 0.1) is 0 Å². The van der Waals surface area contributed by atoms with E-state index in [1.165, 1.54) is 0 Å². The van der Waals surface area contributed by atoms with E-state index in [1.54, 1.807) is 19.2 Å². The molecule has 0 aliphatic carbocycles. The lowest BCUT2D eigenvalue weighted by molar-refractivity contribution is 0.0697. The Kier molecular flexibility index (Phi) is 6.54. The second-order valence-corrected chi connectivity index (χ2v) is 6.12. The fraction of sp³-hybridized carbons (Fsp3) is 0.588. The van der Waals surface area contributed by atoms with Gasteiger partial charge in [-0.2, -0.15) is 0 Å². The molecule has 1 amide bonds. The molecule has 0 radical (unpaired) electrons. The topological polar surface area (TPSA) is 50.8 Å². The molecule has 1 fully saturated rings. The molecule has 1 N–H and O–H groups in total. The van der Waals surface area contributed by atoms with Crippen molar-refractivity contribution in [2.24, 2.45) is 0 Å².